The molecule has 0 saturated heterocycles. The summed E-state index contributed by atoms with van der Waals surface area (Å²) in [5.41, 5.74) is 0. The standard InChI is InChI=1S/C57H98O6/c1-4-7-10-13-16-19-20-21-22-23-24-25-26-27-28-29-30-31-32-33-34-35-36-39-41-44-47-50-56(59)62-53-54(63-57(60)51-48-45-42-38-18-15-12-9-6-3)52-61-55(58)49-46-43-40-37-17-14-11-8-5-2/h7,10,16,19,21-22,24-25,27-28,30-31,54H,4-6,8-9,11-15,17-18,20,23,26,29,32-53H2,1-3H3/b10-7-,19-16-,22-21-,25-24-,28-27-,31-30-. The number of allylic oxidation sites excluding steroid dienone is 12. The molecule has 63 heavy (non-hydrogen) atoms. The van der Waals surface area contributed by atoms with Gasteiger partial charge >= 0.3 is 17.9 Å². The lowest BCUT2D eigenvalue weighted by molar-refractivity contribution is -0.167. The van der Waals surface area contributed by atoms with Gasteiger partial charge < -0.3 is 14.2 Å². The Morgan fingerprint density at radius 2 is 0.619 bits per heavy atom. The van der Waals surface area contributed by atoms with Gasteiger partial charge in [-0.3, -0.25) is 14.4 Å². The summed E-state index contributed by atoms with van der Waals surface area (Å²) in [5.74, 6) is -0.887. The summed E-state index contributed by atoms with van der Waals surface area (Å²) < 4.78 is 16.7. The molecule has 0 saturated carbocycles. The van der Waals surface area contributed by atoms with Crippen LogP contribution in [0.25, 0.3) is 0 Å². The molecular formula is C57H98O6. The van der Waals surface area contributed by atoms with Crippen LogP contribution in [0.4, 0.5) is 0 Å². The van der Waals surface area contributed by atoms with Crippen molar-refractivity contribution in [3.05, 3.63) is 72.9 Å². The molecule has 0 N–H and O–H groups in total. The Labute approximate surface area is 389 Å². The first-order valence-corrected chi connectivity index (χ1v) is 26.4. The lowest BCUT2D eigenvalue weighted by Crippen LogP contribution is -2.30. The maximum atomic E-state index is 12.7. The minimum atomic E-state index is -0.772. The maximum absolute atomic E-state index is 12.7. The highest BCUT2D eigenvalue weighted by Crippen LogP contribution is 2.15. The largest absolute Gasteiger partial charge is 0.462 e. The number of rotatable bonds is 47. The highest BCUT2D eigenvalue weighted by molar-refractivity contribution is 5.71. The lowest BCUT2D eigenvalue weighted by atomic mass is 10.1. The van der Waals surface area contributed by atoms with Gasteiger partial charge in [-0.05, 0) is 70.6 Å². The highest BCUT2D eigenvalue weighted by Gasteiger charge is 2.19. The first-order chi connectivity index (χ1) is 31.0. The van der Waals surface area contributed by atoms with Crippen molar-refractivity contribution in [1.29, 1.82) is 0 Å². The zero-order valence-corrected chi connectivity index (χ0v) is 41.3. The van der Waals surface area contributed by atoms with E-state index in [0.29, 0.717) is 19.3 Å². The number of hydrogen-bond acceptors (Lipinski definition) is 6. The van der Waals surface area contributed by atoms with E-state index in [-0.39, 0.29) is 31.1 Å². The molecule has 1 unspecified atom stereocenters. The second kappa shape index (κ2) is 51.5. The van der Waals surface area contributed by atoms with Crippen molar-refractivity contribution in [3.8, 4) is 0 Å². The molecule has 0 fully saturated rings. The maximum Gasteiger partial charge on any atom is 0.306 e. The second-order valence-electron chi connectivity index (χ2n) is 17.4. The Balaban J connectivity index is 4.15. The molecule has 0 radical (unpaired) electrons. The smallest absolute Gasteiger partial charge is 0.306 e. The van der Waals surface area contributed by atoms with Gasteiger partial charge in [0.25, 0.3) is 0 Å². The van der Waals surface area contributed by atoms with Crippen LogP contribution in [-0.2, 0) is 28.6 Å². The zero-order chi connectivity index (χ0) is 45.8. The fourth-order valence-electron chi connectivity index (χ4n) is 7.27. The van der Waals surface area contributed by atoms with E-state index < -0.39 is 6.10 Å². The second-order valence-corrected chi connectivity index (χ2v) is 17.4. The fourth-order valence-corrected chi connectivity index (χ4v) is 7.27. The van der Waals surface area contributed by atoms with Crippen LogP contribution in [0.5, 0.6) is 0 Å². The normalized spacial score (nSPS) is 12.6. The van der Waals surface area contributed by atoms with Crippen LogP contribution in [0.15, 0.2) is 72.9 Å². The van der Waals surface area contributed by atoms with Crippen molar-refractivity contribution in [2.45, 2.75) is 258 Å². The van der Waals surface area contributed by atoms with Gasteiger partial charge in [-0.2, -0.15) is 0 Å². The minimum Gasteiger partial charge on any atom is -0.462 e. The van der Waals surface area contributed by atoms with Crippen molar-refractivity contribution >= 4 is 17.9 Å². The van der Waals surface area contributed by atoms with E-state index in [1.54, 1.807) is 0 Å². The molecule has 362 valence electrons. The summed E-state index contributed by atoms with van der Waals surface area (Å²) in [6.45, 7) is 6.48. The van der Waals surface area contributed by atoms with E-state index in [9.17, 15) is 14.4 Å². The van der Waals surface area contributed by atoms with E-state index >= 15 is 0 Å². The van der Waals surface area contributed by atoms with Crippen LogP contribution in [0, 0.1) is 0 Å². The predicted octanol–water partition coefficient (Wildman–Crippen LogP) is 17.4. The topological polar surface area (TPSA) is 78.9 Å². The van der Waals surface area contributed by atoms with Gasteiger partial charge in [0.2, 0.25) is 0 Å². The summed E-state index contributed by atoms with van der Waals surface area (Å²) in [7, 11) is 0. The third kappa shape index (κ3) is 49.7. The molecule has 0 rings (SSSR count). The van der Waals surface area contributed by atoms with Crippen LogP contribution in [0.2, 0.25) is 0 Å². The molecule has 0 aliphatic rings. The Morgan fingerprint density at radius 3 is 0.968 bits per heavy atom. The van der Waals surface area contributed by atoms with Gasteiger partial charge in [0.15, 0.2) is 6.10 Å². The van der Waals surface area contributed by atoms with E-state index in [1.807, 2.05) is 0 Å². The van der Waals surface area contributed by atoms with E-state index in [1.165, 1.54) is 109 Å². The van der Waals surface area contributed by atoms with Gasteiger partial charge in [0, 0.05) is 19.3 Å². The molecule has 0 aliphatic carbocycles. The number of carbonyl (C=O) groups is 3. The molecule has 1 atom stereocenters. The van der Waals surface area contributed by atoms with Gasteiger partial charge in [0.05, 0.1) is 0 Å². The SMILES string of the molecule is CC/C=C\C/C=C\C/C=C\C/C=C\C/C=C\C/C=C\CCCCCCCCCCC(=O)OCC(COC(=O)CCCCCCCCCCC)OC(=O)CCCCCCCCCCC. The molecule has 6 nitrogen and oxygen atoms in total. The lowest BCUT2D eigenvalue weighted by Gasteiger charge is -2.18. The number of esters is 3. The van der Waals surface area contributed by atoms with Crippen molar-refractivity contribution in [3.63, 3.8) is 0 Å². The van der Waals surface area contributed by atoms with E-state index in [4.69, 9.17) is 14.2 Å². The molecule has 0 aromatic carbocycles. The average Bonchev–Trinajstić information content (AvgIpc) is 3.28. The first kappa shape index (κ1) is 59.9. The quantitative estimate of drug-likeness (QED) is 0.0262. The van der Waals surface area contributed by atoms with E-state index in [2.05, 4.69) is 93.7 Å². The van der Waals surface area contributed by atoms with Crippen molar-refractivity contribution in [2.24, 2.45) is 0 Å². The average molecular weight is 879 g/mol. The van der Waals surface area contributed by atoms with Crippen molar-refractivity contribution in [1.82, 2.24) is 0 Å². The summed E-state index contributed by atoms with van der Waals surface area (Å²) in [6.07, 6.45) is 64.8. The Morgan fingerprint density at radius 1 is 0.333 bits per heavy atom. The Bertz CT molecular complexity index is 1190. The van der Waals surface area contributed by atoms with Crippen LogP contribution < -0.4 is 0 Å². The molecule has 0 aromatic rings. The molecule has 0 amide bonds. The van der Waals surface area contributed by atoms with Crippen LogP contribution in [0.1, 0.15) is 252 Å². The highest BCUT2D eigenvalue weighted by atomic mass is 16.6. The summed E-state index contributed by atoms with van der Waals surface area (Å²) in [4.78, 5) is 37.8. The Kier molecular flexibility index (Phi) is 48.9. The minimum absolute atomic E-state index is 0.0750. The Hall–Kier alpha value is -3.15. The third-order valence-corrected chi connectivity index (χ3v) is 11.2. The number of unbranched alkanes of at least 4 members (excludes halogenated alkanes) is 24. The number of ether oxygens (including phenoxy) is 3. The van der Waals surface area contributed by atoms with Crippen LogP contribution >= 0.6 is 0 Å². The molecule has 0 bridgehead atoms. The summed E-state index contributed by atoms with van der Waals surface area (Å²) in [6, 6.07) is 0. The third-order valence-electron chi connectivity index (χ3n) is 11.2. The van der Waals surface area contributed by atoms with Gasteiger partial charge in [-0.1, -0.05) is 235 Å². The number of hydrogen-bond donors (Lipinski definition) is 0. The monoisotopic (exact) mass is 879 g/mol. The predicted molar refractivity (Wildman–Crippen MR) is 270 cm³/mol. The molecular weight excluding hydrogens is 781 g/mol. The zero-order valence-electron chi connectivity index (χ0n) is 41.3. The van der Waals surface area contributed by atoms with E-state index in [0.717, 1.165) is 103 Å². The van der Waals surface area contributed by atoms with Crippen LogP contribution in [0.3, 0.4) is 0 Å². The molecule has 0 heterocycles. The van der Waals surface area contributed by atoms with Crippen LogP contribution in [-0.4, -0.2) is 37.2 Å². The summed E-state index contributed by atoms with van der Waals surface area (Å²) >= 11 is 0. The number of carbonyl (C=O) groups excluding carboxylic acids is 3. The summed E-state index contributed by atoms with van der Waals surface area (Å²) in [5, 5.41) is 0. The van der Waals surface area contributed by atoms with Crippen molar-refractivity contribution < 1.29 is 28.6 Å². The molecule has 0 aliphatic heterocycles. The molecule has 0 spiro atoms. The van der Waals surface area contributed by atoms with Gasteiger partial charge in [-0.25, -0.2) is 0 Å². The first-order valence-electron chi connectivity index (χ1n) is 26.4. The molecule has 0 aromatic heterocycles. The molecule has 6 heteroatoms. The fraction of sp³-hybridized carbons (Fsp3) is 0.737. The van der Waals surface area contributed by atoms with Gasteiger partial charge in [-0.15, -0.1) is 0 Å². The van der Waals surface area contributed by atoms with Crippen molar-refractivity contribution in [2.75, 3.05) is 13.2 Å². The van der Waals surface area contributed by atoms with Gasteiger partial charge in [0.1, 0.15) is 13.2 Å².